The Hall–Kier alpha value is -0.320. The number of halogens is 1. The molecule has 0 aromatic carbocycles. The third kappa shape index (κ3) is 5.98. The van der Waals surface area contributed by atoms with E-state index in [4.69, 9.17) is 0 Å². The number of nitrogens with zero attached hydrogens (tertiary/aromatic N) is 2. The fraction of sp³-hybridized carbons (Fsp3) is 0.933. The normalized spacial score (nSPS) is 19.1. The van der Waals surface area contributed by atoms with E-state index in [1.807, 2.05) is 0 Å². The molecule has 2 fully saturated rings. The van der Waals surface area contributed by atoms with Gasteiger partial charge in [0.1, 0.15) is 0 Å². The predicted octanol–water partition coefficient (Wildman–Crippen LogP) is 1.74. The highest BCUT2D eigenvalue weighted by Crippen LogP contribution is 2.27. The summed E-state index contributed by atoms with van der Waals surface area (Å²) >= 11 is 0. The van der Waals surface area contributed by atoms with Gasteiger partial charge in [0, 0.05) is 19.1 Å². The minimum atomic E-state index is 0. The molecule has 2 rings (SSSR count). The molecule has 0 bridgehead atoms. The summed E-state index contributed by atoms with van der Waals surface area (Å²) in [6.07, 6.45) is 7.64. The van der Waals surface area contributed by atoms with E-state index in [2.05, 4.69) is 29.2 Å². The van der Waals surface area contributed by atoms with Crippen molar-refractivity contribution in [3.8, 4) is 0 Å². The molecule has 0 aliphatic heterocycles. The lowest BCUT2D eigenvalue weighted by molar-refractivity contribution is -0.132. The quantitative estimate of drug-likeness (QED) is 0.742. The Kier molecular flexibility index (Phi) is 7.85. The van der Waals surface area contributed by atoms with Gasteiger partial charge in [0.15, 0.2) is 0 Å². The Balaban J connectivity index is 0.00000200. The van der Waals surface area contributed by atoms with Crippen molar-refractivity contribution in [2.45, 2.75) is 44.6 Å². The van der Waals surface area contributed by atoms with Gasteiger partial charge in [0.25, 0.3) is 0 Å². The molecule has 0 aromatic rings. The van der Waals surface area contributed by atoms with E-state index < -0.39 is 0 Å². The van der Waals surface area contributed by atoms with Gasteiger partial charge in [-0.3, -0.25) is 4.79 Å². The van der Waals surface area contributed by atoms with Gasteiger partial charge < -0.3 is 15.1 Å². The molecule has 0 spiro atoms. The largest absolute Gasteiger partial charge is 0.337 e. The number of carbonyl (C=O) groups is 1. The van der Waals surface area contributed by atoms with Crippen LogP contribution < -0.4 is 5.32 Å². The molecule has 0 aromatic heterocycles. The number of rotatable bonds is 8. The van der Waals surface area contributed by atoms with Gasteiger partial charge in [-0.25, -0.2) is 0 Å². The van der Waals surface area contributed by atoms with Crippen LogP contribution in [-0.2, 0) is 4.79 Å². The molecule has 0 radical (unpaired) electrons. The second-order valence-electron chi connectivity index (χ2n) is 6.40. The van der Waals surface area contributed by atoms with Crippen LogP contribution >= 0.6 is 12.4 Å². The van der Waals surface area contributed by atoms with Gasteiger partial charge in [-0.15, -0.1) is 12.4 Å². The number of carbonyl (C=O) groups excluding carboxylic acids is 1. The van der Waals surface area contributed by atoms with Gasteiger partial charge in [0.05, 0.1) is 6.54 Å². The van der Waals surface area contributed by atoms with Crippen molar-refractivity contribution >= 4 is 18.3 Å². The van der Waals surface area contributed by atoms with Crippen LogP contribution in [-0.4, -0.2) is 62.0 Å². The molecule has 5 heteroatoms. The molecule has 4 nitrogen and oxygen atoms in total. The monoisotopic (exact) mass is 303 g/mol. The zero-order valence-corrected chi connectivity index (χ0v) is 13.8. The van der Waals surface area contributed by atoms with Crippen LogP contribution in [0.2, 0.25) is 0 Å². The van der Waals surface area contributed by atoms with E-state index in [0.717, 1.165) is 25.6 Å². The van der Waals surface area contributed by atoms with Crippen LogP contribution in [0.25, 0.3) is 0 Å². The molecule has 20 heavy (non-hydrogen) atoms. The maximum atomic E-state index is 12.4. The van der Waals surface area contributed by atoms with Crippen LogP contribution in [0, 0.1) is 5.92 Å². The Morgan fingerprint density at radius 2 is 1.75 bits per heavy atom. The standard InChI is InChI=1S/C15H29N3O.ClH/c1-17(2)9-10-18(14-5-3-4-6-14)15(19)12-16-11-13-7-8-13;/h13-14,16H,3-12H2,1-2H3;1H. The smallest absolute Gasteiger partial charge is 0.236 e. The maximum Gasteiger partial charge on any atom is 0.236 e. The van der Waals surface area contributed by atoms with E-state index in [1.165, 1.54) is 38.5 Å². The molecule has 118 valence electrons. The summed E-state index contributed by atoms with van der Waals surface area (Å²) in [4.78, 5) is 16.7. The minimum Gasteiger partial charge on any atom is -0.337 e. The second kappa shape index (κ2) is 8.85. The molecule has 0 heterocycles. The highest BCUT2D eigenvalue weighted by Gasteiger charge is 2.27. The summed E-state index contributed by atoms with van der Waals surface area (Å²) in [6, 6.07) is 0.496. The van der Waals surface area contributed by atoms with Crippen molar-refractivity contribution in [1.29, 1.82) is 0 Å². The van der Waals surface area contributed by atoms with E-state index in [0.29, 0.717) is 18.5 Å². The molecule has 0 saturated heterocycles. The lowest BCUT2D eigenvalue weighted by Gasteiger charge is -2.30. The molecule has 1 N–H and O–H groups in total. The summed E-state index contributed by atoms with van der Waals surface area (Å²) < 4.78 is 0. The highest BCUT2D eigenvalue weighted by atomic mass is 35.5. The molecular formula is C15H30ClN3O. The van der Waals surface area contributed by atoms with Gasteiger partial charge >= 0.3 is 0 Å². The second-order valence-corrected chi connectivity index (χ2v) is 6.40. The van der Waals surface area contributed by atoms with Crippen molar-refractivity contribution in [3.63, 3.8) is 0 Å². The van der Waals surface area contributed by atoms with E-state index in [9.17, 15) is 4.79 Å². The van der Waals surface area contributed by atoms with Crippen LogP contribution in [0.4, 0.5) is 0 Å². The molecular weight excluding hydrogens is 274 g/mol. The van der Waals surface area contributed by atoms with Gasteiger partial charge in [-0.1, -0.05) is 12.8 Å². The van der Waals surface area contributed by atoms with Gasteiger partial charge in [-0.2, -0.15) is 0 Å². The third-order valence-corrected chi connectivity index (χ3v) is 4.28. The number of hydrogen-bond acceptors (Lipinski definition) is 3. The fourth-order valence-corrected chi connectivity index (χ4v) is 2.84. The Labute approximate surface area is 129 Å². The predicted molar refractivity (Wildman–Crippen MR) is 85.4 cm³/mol. The van der Waals surface area contributed by atoms with Crippen molar-refractivity contribution < 1.29 is 4.79 Å². The molecule has 0 atom stereocenters. The average molecular weight is 304 g/mol. The highest BCUT2D eigenvalue weighted by molar-refractivity contribution is 5.85. The lowest BCUT2D eigenvalue weighted by Crippen LogP contribution is -2.46. The zero-order valence-electron chi connectivity index (χ0n) is 12.9. The fourth-order valence-electron chi connectivity index (χ4n) is 2.84. The van der Waals surface area contributed by atoms with Crippen LogP contribution in [0.1, 0.15) is 38.5 Å². The van der Waals surface area contributed by atoms with Gasteiger partial charge in [0.2, 0.25) is 5.91 Å². The number of nitrogens with one attached hydrogen (secondary N) is 1. The van der Waals surface area contributed by atoms with E-state index in [1.54, 1.807) is 0 Å². The van der Waals surface area contributed by atoms with Crippen molar-refractivity contribution in [2.75, 3.05) is 40.3 Å². The van der Waals surface area contributed by atoms with Crippen LogP contribution in [0.15, 0.2) is 0 Å². The summed E-state index contributed by atoms with van der Waals surface area (Å²) in [5.74, 6) is 1.14. The molecule has 1 amide bonds. The van der Waals surface area contributed by atoms with Crippen LogP contribution in [0.3, 0.4) is 0 Å². The van der Waals surface area contributed by atoms with Crippen LogP contribution in [0.5, 0.6) is 0 Å². The molecule has 2 saturated carbocycles. The molecule has 0 unspecified atom stereocenters. The first-order valence-electron chi connectivity index (χ1n) is 7.81. The molecule has 2 aliphatic carbocycles. The van der Waals surface area contributed by atoms with Gasteiger partial charge in [-0.05, 0) is 52.2 Å². The first-order valence-corrected chi connectivity index (χ1v) is 7.81. The zero-order chi connectivity index (χ0) is 13.7. The SMILES string of the molecule is CN(C)CCN(C(=O)CNCC1CC1)C1CCCC1.Cl. The first-order chi connectivity index (χ1) is 9.16. The third-order valence-electron chi connectivity index (χ3n) is 4.28. The van der Waals surface area contributed by atoms with Crippen molar-refractivity contribution in [3.05, 3.63) is 0 Å². The lowest BCUT2D eigenvalue weighted by atomic mass is 10.2. The Morgan fingerprint density at radius 1 is 1.10 bits per heavy atom. The summed E-state index contributed by atoms with van der Waals surface area (Å²) in [5.41, 5.74) is 0. The number of hydrogen-bond donors (Lipinski definition) is 1. The molecule has 2 aliphatic rings. The minimum absolute atomic E-state index is 0. The van der Waals surface area contributed by atoms with Crippen molar-refractivity contribution in [2.24, 2.45) is 5.92 Å². The topological polar surface area (TPSA) is 35.6 Å². The Morgan fingerprint density at radius 3 is 2.30 bits per heavy atom. The maximum absolute atomic E-state index is 12.4. The average Bonchev–Trinajstić information content (AvgIpc) is 3.03. The number of likely N-dealkylation sites (N-methyl/N-ethyl adjacent to an activating group) is 1. The van der Waals surface area contributed by atoms with Crippen molar-refractivity contribution in [1.82, 2.24) is 15.1 Å². The van der Waals surface area contributed by atoms with E-state index >= 15 is 0 Å². The summed E-state index contributed by atoms with van der Waals surface area (Å²) in [6.45, 7) is 3.39. The van der Waals surface area contributed by atoms with E-state index in [-0.39, 0.29) is 12.4 Å². The summed E-state index contributed by atoms with van der Waals surface area (Å²) in [5, 5.41) is 3.33. The number of amides is 1. The summed E-state index contributed by atoms with van der Waals surface area (Å²) in [7, 11) is 4.14. The Bertz CT molecular complexity index is 289. The first kappa shape index (κ1) is 17.7.